The standard InChI is InChI=1S/C13H23N5O2S/c1-4-13(2,3)14-11(19)9-21-12-15-16-17-18(12)8-10-6-5-7-20-10/h10H,4-9H2,1-3H3,(H,14,19)/t10-/m0/s1. The number of tetrazole rings is 1. The summed E-state index contributed by atoms with van der Waals surface area (Å²) in [5, 5.41) is 15.3. The minimum Gasteiger partial charge on any atom is -0.376 e. The number of hydrogen-bond donors (Lipinski definition) is 1. The molecule has 0 aliphatic carbocycles. The van der Waals surface area contributed by atoms with Crippen LogP contribution in [-0.4, -0.2) is 50.1 Å². The first kappa shape index (κ1) is 16.2. The van der Waals surface area contributed by atoms with Crippen LogP contribution in [0.25, 0.3) is 0 Å². The number of thioether (sulfide) groups is 1. The Morgan fingerprint density at radius 2 is 2.38 bits per heavy atom. The highest BCUT2D eigenvalue weighted by atomic mass is 32.2. The molecule has 1 aromatic heterocycles. The van der Waals surface area contributed by atoms with Gasteiger partial charge in [-0.3, -0.25) is 4.79 Å². The molecule has 2 heterocycles. The molecule has 8 heteroatoms. The number of ether oxygens (including phenoxy) is 1. The average Bonchev–Trinajstić information content (AvgIpc) is 3.08. The Bertz CT molecular complexity index is 471. The van der Waals surface area contributed by atoms with E-state index in [0.29, 0.717) is 17.5 Å². The molecule has 0 unspecified atom stereocenters. The second-order valence-corrected chi connectivity index (χ2v) is 6.80. The molecule has 0 spiro atoms. The Labute approximate surface area is 129 Å². The van der Waals surface area contributed by atoms with Gasteiger partial charge in [0.05, 0.1) is 18.4 Å². The molecule has 0 saturated carbocycles. The summed E-state index contributed by atoms with van der Waals surface area (Å²) in [7, 11) is 0. The zero-order valence-electron chi connectivity index (χ0n) is 12.8. The minimum absolute atomic E-state index is 0.00137. The van der Waals surface area contributed by atoms with Crippen molar-refractivity contribution >= 4 is 17.7 Å². The number of nitrogens with zero attached hydrogens (tertiary/aromatic N) is 4. The van der Waals surface area contributed by atoms with Gasteiger partial charge >= 0.3 is 0 Å². The molecule has 1 aliphatic heterocycles. The number of carbonyl (C=O) groups excluding carboxylic acids is 1. The van der Waals surface area contributed by atoms with Gasteiger partial charge in [-0.15, -0.1) is 5.10 Å². The van der Waals surface area contributed by atoms with Gasteiger partial charge in [-0.05, 0) is 43.5 Å². The molecule has 0 bridgehead atoms. The van der Waals surface area contributed by atoms with Crippen molar-refractivity contribution in [2.45, 2.75) is 63.4 Å². The fourth-order valence-corrected chi connectivity index (χ4v) is 2.71. The molecule has 0 radical (unpaired) electrons. The number of carbonyl (C=O) groups is 1. The van der Waals surface area contributed by atoms with Gasteiger partial charge in [0.15, 0.2) is 0 Å². The number of rotatable bonds is 7. The molecule has 1 N–H and O–H groups in total. The van der Waals surface area contributed by atoms with Crippen LogP contribution in [0.3, 0.4) is 0 Å². The molecule has 1 atom stereocenters. The van der Waals surface area contributed by atoms with Gasteiger partial charge in [-0.2, -0.15) is 0 Å². The highest BCUT2D eigenvalue weighted by Crippen LogP contribution is 2.18. The summed E-state index contributed by atoms with van der Waals surface area (Å²) >= 11 is 1.36. The van der Waals surface area contributed by atoms with E-state index in [9.17, 15) is 4.79 Å². The SMILES string of the molecule is CCC(C)(C)NC(=O)CSc1nnnn1C[C@@H]1CCCO1. The lowest BCUT2D eigenvalue weighted by atomic mass is 10.0. The molecule has 1 aliphatic rings. The van der Waals surface area contributed by atoms with Gasteiger partial charge in [0.25, 0.3) is 0 Å². The van der Waals surface area contributed by atoms with Crippen molar-refractivity contribution in [1.82, 2.24) is 25.5 Å². The minimum atomic E-state index is -0.179. The van der Waals surface area contributed by atoms with Gasteiger partial charge in [-0.25, -0.2) is 4.68 Å². The van der Waals surface area contributed by atoms with E-state index in [0.717, 1.165) is 25.9 Å². The fourth-order valence-electron chi connectivity index (χ4n) is 2.03. The molecule has 1 amide bonds. The summed E-state index contributed by atoms with van der Waals surface area (Å²) in [6.07, 6.45) is 3.19. The first-order chi connectivity index (χ1) is 10.00. The fraction of sp³-hybridized carbons (Fsp3) is 0.846. The van der Waals surface area contributed by atoms with Crippen molar-refractivity contribution in [3.8, 4) is 0 Å². The summed E-state index contributed by atoms with van der Waals surface area (Å²) in [4.78, 5) is 11.9. The maximum atomic E-state index is 11.9. The molecule has 0 aromatic carbocycles. The first-order valence-corrected chi connectivity index (χ1v) is 8.30. The highest BCUT2D eigenvalue weighted by Gasteiger charge is 2.21. The molecule has 1 aromatic rings. The molecule has 7 nitrogen and oxygen atoms in total. The third-order valence-corrected chi connectivity index (χ3v) is 4.55. The largest absolute Gasteiger partial charge is 0.376 e. The second-order valence-electron chi connectivity index (χ2n) is 5.85. The van der Waals surface area contributed by atoms with Crippen LogP contribution in [0.15, 0.2) is 5.16 Å². The van der Waals surface area contributed by atoms with Crippen molar-refractivity contribution in [2.75, 3.05) is 12.4 Å². The zero-order chi connectivity index (χ0) is 15.3. The molecule has 118 valence electrons. The zero-order valence-corrected chi connectivity index (χ0v) is 13.7. The van der Waals surface area contributed by atoms with E-state index in [1.165, 1.54) is 11.8 Å². The van der Waals surface area contributed by atoms with Crippen molar-refractivity contribution in [2.24, 2.45) is 0 Å². The lowest BCUT2D eigenvalue weighted by Gasteiger charge is -2.24. The maximum absolute atomic E-state index is 11.9. The lowest BCUT2D eigenvalue weighted by Crippen LogP contribution is -2.43. The quantitative estimate of drug-likeness (QED) is 0.763. The summed E-state index contributed by atoms with van der Waals surface area (Å²) in [5.41, 5.74) is -0.179. The Morgan fingerprint density at radius 1 is 1.57 bits per heavy atom. The van der Waals surface area contributed by atoms with Crippen molar-refractivity contribution in [3.63, 3.8) is 0 Å². The monoisotopic (exact) mass is 313 g/mol. The van der Waals surface area contributed by atoms with Crippen LogP contribution in [0.5, 0.6) is 0 Å². The predicted molar refractivity (Wildman–Crippen MR) is 80.0 cm³/mol. The summed E-state index contributed by atoms with van der Waals surface area (Å²) in [5.74, 6) is 0.313. The lowest BCUT2D eigenvalue weighted by molar-refractivity contribution is -0.120. The number of hydrogen-bond acceptors (Lipinski definition) is 6. The van der Waals surface area contributed by atoms with Gasteiger partial charge in [0.1, 0.15) is 0 Å². The molecule has 2 rings (SSSR count). The van der Waals surface area contributed by atoms with Crippen molar-refractivity contribution in [1.29, 1.82) is 0 Å². The molecule has 1 saturated heterocycles. The smallest absolute Gasteiger partial charge is 0.230 e. The van der Waals surface area contributed by atoms with E-state index in [2.05, 4.69) is 27.8 Å². The molecule has 21 heavy (non-hydrogen) atoms. The first-order valence-electron chi connectivity index (χ1n) is 7.32. The van der Waals surface area contributed by atoms with E-state index in [-0.39, 0.29) is 17.6 Å². The summed E-state index contributed by atoms with van der Waals surface area (Å²) in [6.45, 7) is 7.53. The predicted octanol–water partition coefficient (Wildman–Crippen LogP) is 1.25. The normalized spacial score (nSPS) is 18.9. The molecule has 1 fully saturated rings. The molecular weight excluding hydrogens is 290 g/mol. The maximum Gasteiger partial charge on any atom is 0.230 e. The number of amides is 1. The Morgan fingerprint density at radius 3 is 3.05 bits per heavy atom. The Balaban J connectivity index is 1.83. The summed E-state index contributed by atoms with van der Waals surface area (Å²) in [6, 6.07) is 0. The van der Waals surface area contributed by atoms with E-state index in [1.54, 1.807) is 4.68 Å². The van der Waals surface area contributed by atoms with Crippen LogP contribution in [0.1, 0.15) is 40.0 Å². The second kappa shape index (κ2) is 7.22. The van der Waals surface area contributed by atoms with Crippen LogP contribution in [0.4, 0.5) is 0 Å². The van der Waals surface area contributed by atoms with Gasteiger partial charge < -0.3 is 10.1 Å². The van der Waals surface area contributed by atoms with Crippen molar-refractivity contribution in [3.05, 3.63) is 0 Å². The highest BCUT2D eigenvalue weighted by molar-refractivity contribution is 7.99. The van der Waals surface area contributed by atoms with Gasteiger partial charge in [0, 0.05) is 12.1 Å². The average molecular weight is 313 g/mol. The van der Waals surface area contributed by atoms with E-state index in [1.807, 2.05) is 13.8 Å². The van der Waals surface area contributed by atoms with Crippen LogP contribution >= 0.6 is 11.8 Å². The van der Waals surface area contributed by atoms with E-state index >= 15 is 0 Å². The van der Waals surface area contributed by atoms with Crippen LogP contribution in [0.2, 0.25) is 0 Å². The third kappa shape index (κ3) is 4.96. The number of nitrogens with one attached hydrogen (secondary N) is 1. The van der Waals surface area contributed by atoms with Crippen molar-refractivity contribution < 1.29 is 9.53 Å². The van der Waals surface area contributed by atoms with E-state index < -0.39 is 0 Å². The van der Waals surface area contributed by atoms with Crippen LogP contribution in [-0.2, 0) is 16.1 Å². The number of aromatic nitrogens is 4. The van der Waals surface area contributed by atoms with Gasteiger partial charge in [-0.1, -0.05) is 18.7 Å². The Hall–Kier alpha value is -1.15. The Kier molecular flexibility index (Phi) is 5.58. The summed E-state index contributed by atoms with van der Waals surface area (Å²) < 4.78 is 7.30. The van der Waals surface area contributed by atoms with Crippen LogP contribution in [0, 0.1) is 0 Å². The van der Waals surface area contributed by atoms with Crippen LogP contribution < -0.4 is 5.32 Å². The van der Waals surface area contributed by atoms with E-state index in [4.69, 9.17) is 4.74 Å². The third-order valence-electron chi connectivity index (χ3n) is 3.59. The topological polar surface area (TPSA) is 81.9 Å². The molecular formula is C13H23N5O2S. The van der Waals surface area contributed by atoms with Gasteiger partial charge in [0.2, 0.25) is 11.1 Å².